The summed E-state index contributed by atoms with van der Waals surface area (Å²) in [7, 11) is 1.94. The average molecular weight is 207 g/mol. The van der Waals surface area contributed by atoms with Gasteiger partial charge < -0.3 is 10.1 Å². The van der Waals surface area contributed by atoms with Gasteiger partial charge in [-0.25, -0.2) is 0 Å². The van der Waals surface area contributed by atoms with Gasteiger partial charge in [-0.15, -0.1) is 0 Å². The lowest BCUT2D eigenvalue weighted by atomic mass is 10.0. The molecule has 1 aliphatic heterocycles. The molecule has 15 heavy (non-hydrogen) atoms. The van der Waals surface area contributed by atoms with E-state index in [-0.39, 0.29) is 12.1 Å². The zero-order chi connectivity index (χ0) is 10.7. The Labute approximate surface area is 90.1 Å². The second kappa shape index (κ2) is 4.68. The van der Waals surface area contributed by atoms with E-state index in [0.717, 1.165) is 18.5 Å². The van der Waals surface area contributed by atoms with Crippen molar-refractivity contribution in [2.45, 2.75) is 38.0 Å². The lowest BCUT2D eigenvalue weighted by Crippen LogP contribution is -2.30. The van der Waals surface area contributed by atoms with Gasteiger partial charge in [-0.1, -0.05) is 0 Å². The molecule has 1 aromatic heterocycles. The summed E-state index contributed by atoms with van der Waals surface area (Å²) in [6.45, 7) is 2.11. The summed E-state index contributed by atoms with van der Waals surface area (Å²) in [5.41, 5.74) is 0.958. The van der Waals surface area contributed by atoms with Gasteiger partial charge in [-0.3, -0.25) is 9.97 Å². The van der Waals surface area contributed by atoms with Gasteiger partial charge in [0.05, 0.1) is 30.1 Å². The number of aromatic nitrogens is 2. The van der Waals surface area contributed by atoms with Gasteiger partial charge in [-0.2, -0.15) is 0 Å². The maximum Gasteiger partial charge on any atom is 0.0790 e. The van der Waals surface area contributed by atoms with Crippen LogP contribution < -0.4 is 5.32 Å². The van der Waals surface area contributed by atoms with Gasteiger partial charge >= 0.3 is 0 Å². The molecular formula is C11H17N3O. The minimum atomic E-state index is 0.156. The summed E-state index contributed by atoms with van der Waals surface area (Å²) in [5, 5.41) is 3.25. The third-order valence-electron chi connectivity index (χ3n) is 2.85. The second-order valence-corrected chi connectivity index (χ2v) is 3.96. The van der Waals surface area contributed by atoms with Crippen LogP contribution in [0.3, 0.4) is 0 Å². The fourth-order valence-corrected chi connectivity index (χ4v) is 2.07. The summed E-state index contributed by atoms with van der Waals surface area (Å²) >= 11 is 0. The van der Waals surface area contributed by atoms with E-state index in [1.807, 2.05) is 7.05 Å². The highest BCUT2D eigenvalue weighted by Gasteiger charge is 2.30. The lowest BCUT2D eigenvalue weighted by molar-refractivity contribution is 0.0323. The van der Waals surface area contributed by atoms with Gasteiger partial charge in [-0.05, 0) is 26.8 Å². The van der Waals surface area contributed by atoms with Crippen LogP contribution in [0, 0.1) is 0 Å². The molecule has 4 nitrogen and oxygen atoms in total. The molecule has 1 saturated heterocycles. The van der Waals surface area contributed by atoms with Crippen molar-refractivity contribution in [1.29, 1.82) is 0 Å². The highest BCUT2D eigenvalue weighted by Crippen LogP contribution is 2.28. The molecule has 82 valence electrons. The maximum atomic E-state index is 5.84. The molecule has 0 aliphatic carbocycles. The normalized spacial score (nSPS) is 27.9. The molecule has 0 aromatic carbocycles. The zero-order valence-corrected chi connectivity index (χ0v) is 9.18. The van der Waals surface area contributed by atoms with Crippen molar-refractivity contribution in [3.63, 3.8) is 0 Å². The largest absolute Gasteiger partial charge is 0.373 e. The third kappa shape index (κ3) is 2.33. The van der Waals surface area contributed by atoms with E-state index >= 15 is 0 Å². The molecule has 2 heterocycles. The molecule has 3 unspecified atom stereocenters. The van der Waals surface area contributed by atoms with Crippen LogP contribution in [0.25, 0.3) is 0 Å². The highest BCUT2D eigenvalue weighted by molar-refractivity contribution is 5.05. The quantitative estimate of drug-likeness (QED) is 0.811. The Morgan fingerprint density at radius 2 is 2.33 bits per heavy atom. The minimum Gasteiger partial charge on any atom is -0.373 e. The Morgan fingerprint density at radius 3 is 2.87 bits per heavy atom. The molecule has 1 aromatic rings. The van der Waals surface area contributed by atoms with Gasteiger partial charge in [0.1, 0.15) is 0 Å². The molecule has 1 aliphatic rings. The van der Waals surface area contributed by atoms with Gasteiger partial charge in [0.15, 0.2) is 0 Å². The standard InChI is InChI=1S/C11H17N3O/c1-8-3-4-10(15-8)11(12-2)9-7-13-5-6-14-9/h5-8,10-12H,3-4H2,1-2H3. The van der Waals surface area contributed by atoms with E-state index in [9.17, 15) is 0 Å². The molecule has 2 rings (SSSR count). The van der Waals surface area contributed by atoms with E-state index in [1.165, 1.54) is 0 Å². The monoisotopic (exact) mass is 207 g/mol. The molecule has 0 bridgehead atoms. The van der Waals surface area contributed by atoms with Crippen molar-refractivity contribution >= 4 is 0 Å². The summed E-state index contributed by atoms with van der Waals surface area (Å²) in [6, 6.07) is 0.156. The predicted molar refractivity (Wildman–Crippen MR) is 57.4 cm³/mol. The van der Waals surface area contributed by atoms with Crippen LogP contribution in [-0.2, 0) is 4.74 Å². The van der Waals surface area contributed by atoms with Crippen LogP contribution in [0.2, 0.25) is 0 Å². The van der Waals surface area contributed by atoms with Crippen LogP contribution in [0.1, 0.15) is 31.5 Å². The Morgan fingerprint density at radius 1 is 1.47 bits per heavy atom. The molecule has 0 saturated carbocycles. The van der Waals surface area contributed by atoms with E-state index in [4.69, 9.17) is 4.74 Å². The summed E-state index contributed by atoms with van der Waals surface area (Å²) in [6.07, 6.45) is 8.01. The molecule has 1 N–H and O–H groups in total. The summed E-state index contributed by atoms with van der Waals surface area (Å²) in [4.78, 5) is 8.40. The second-order valence-electron chi connectivity index (χ2n) is 3.96. The first kappa shape index (κ1) is 10.5. The van der Waals surface area contributed by atoms with Crippen molar-refractivity contribution in [1.82, 2.24) is 15.3 Å². The topological polar surface area (TPSA) is 47.0 Å². The Bertz CT molecular complexity index is 304. The van der Waals surface area contributed by atoms with Crippen molar-refractivity contribution in [3.8, 4) is 0 Å². The van der Waals surface area contributed by atoms with Crippen molar-refractivity contribution in [2.24, 2.45) is 0 Å². The van der Waals surface area contributed by atoms with Gasteiger partial charge in [0.25, 0.3) is 0 Å². The van der Waals surface area contributed by atoms with E-state index in [1.54, 1.807) is 18.6 Å². The predicted octanol–water partition coefficient (Wildman–Crippen LogP) is 1.30. The van der Waals surface area contributed by atoms with Crippen LogP contribution in [-0.4, -0.2) is 29.2 Å². The fourth-order valence-electron chi connectivity index (χ4n) is 2.07. The Hall–Kier alpha value is -1.00. The number of nitrogens with zero attached hydrogens (tertiary/aromatic N) is 2. The lowest BCUT2D eigenvalue weighted by Gasteiger charge is -2.22. The molecule has 1 fully saturated rings. The van der Waals surface area contributed by atoms with E-state index in [0.29, 0.717) is 6.10 Å². The maximum absolute atomic E-state index is 5.84. The first-order valence-electron chi connectivity index (χ1n) is 5.40. The molecule has 0 radical (unpaired) electrons. The van der Waals surface area contributed by atoms with Crippen LogP contribution in [0.15, 0.2) is 18.6 Å². The average Bonchev–Trinajstić information content (AvgIpc) is 2.68. The molecule has 0 spiro atoms. The van der Waals surface area contributed by atoms with Crippen molar-refractivity contribution in [2.75, 3.05) is 7.05 Å². The Balaban J connectivity index is 2.11. The van der Waals surface area contributed by atoms with Crippen LogP contribution >= 0.6 is 0 Å². The van der Waals surface area contributed by atoms with Gasteiger partial charge in [0.2, 0.25) is 0 Å². The fraction of sp³-hybridized carbons (Fsp3) is 0.636. The molecule has 3 atom stereocenters. The number of rotatable bonds is 3. The minimum absolute atomic E-state index is 0.156. The summed E-state index contributed by atoms with van der Waals surface area (Å²) < 4.78 is 5.84. The number of nitrogens with one attached hydrogen (secondary N) is 1. The van der Waals surface area contributed by atoms with Crippen molar-refractivity contribution < 1.29 is 4.74 Å². The summed E-state index contributed by atoms with van der Waals surface area (Å²) in [5.74, 6) is 0. The number of hydrogen-bond acceptors (Lipinski definition) is 4. The molecule has 4 heteroatoms. The number of ether oxygens (including phenoxy) is 1. The molecule has 0 amide bonds. The SMILES string of the molecule is CNC(c1cnccn1)C1CCC(C)O1. The first-order valence-corrected chi connectivity index (χ1v) is 5.40. The number of hydrogen-bond donors (Lipinski definition) is 1. The smallest absolute Gasteiger partial charge is 0.0790 e. The van der Waals surface area contributed by atoms with Crippen LogP contribution in [0.5, 0.6) is 0 Å². The zero-order valence-electron chi connectivity index (χ0n) is 9.18. The van der Waals surface area contributed by atoms with Crippen molar-refractivity contribution in [3.05, 3.63) is 24.3 Å². The first-order chi connectivity index (χ1) is 7.31. The van der Waals surface area contributed by atoms with E-state index < -0.39 is 0 Å². The third-order valence-corrected chi connectivity index (χ3v) is 2.85. The van der Waals surface area contributed by atoms with Gasteiger partial charge in [0, 0.05) is 12.4 Å². The number of likely N-dealkylation sites (N-methyl/N-ethyl adjacent to an activating group) is 1. The van der Waals surface area contributed by atoms with Crippen LogP contribution in [0.4, 0.5) is 0 Å². The highest BCUT2D eigenvalue weighted by atomic mass is 16.5. The van der Waals surface area contributed by atoms with E-state index in [2.05, 4.69) is 22.2 Å². The Kier molecular flexibility index (Phi) is 3.28. The molecular weight excluding hydrogens is 190 g/mol.